The molecule has 2 aromatic carbocycles. The Morgan fingerprint density at radius 1 is 0.927 bits per heavy atom. The molecule has 226 valence electrons. The van der Waals surface area contributed by atoms with Crippen molar-refractivity contribution < 1.29 is 23.5 Å². The first-order chi connectivity index (χ1) is 19.7. The topological polar surface area (TPSA) is 81.7 Å². The van der Waals surface area contributed by atoms with Crippen LogP contribution in [0.1, 0.15) is 76.0 Å². The Labute approximate surface area is 243 Å². The molecule has 8 heteroatoms. The predicted molar refractivity (Wildman–Crippen MR) is 158 cm³/mol. The van der Waals surface area contributed by atoms with E-state index in [2.05, 4.69) is 29.7 Å². The van der Waals surface area contributed by atoms with Crippen LogP contribution in [0.25, 0.3) is 0 Å². The van der Waals surface area contributed by atoms with Gasteiger partial charge >= 0.3 is 0 Å². The lowest BCUT2D eigenvalue weighted by Crippen LogP contribution is -2.53. The molecule has 0 radical (unpaired) electrons. The van der Waals surface area contributed by atoms with Crippen molar-refractivity contribution in [3.8, 4) is 0 Å². The molecule has 4 unspecified atom stereocenters. The summed E-state index contributed by atoms with van der Waals surface area (Å²) in [6, 6.07) is 10.6. The number of aliphatic hydroxyl groups excluding tert-OH is 1. The van der Waals surface area contributed by atoms with Crippen molar-refractivity contribution in [1.82, 2.24) is 15.5 Å². The van der Waals surface area contributed by atoms with E-state index >= 15 is 0 Å². The average Bonchev–Trinajstić information content (AvgIpc) is 2.95. The molecular formula is C33H47F2N3O3. The van der Waals surface area contributed by atoms with Gasteiger partial charge in [-0.2, -0.15) is 0 Å². The number of carbonyl (C=O) groups is 2. The highest BCUT2D eigenvalue weighted by atomic mass is 19.1. The van der Waals surface area contributed by atoms with Crippen LogP contribution < -0.4 is 10.6 Å². The fourth-order valence-electron chi connectivity index (χ4n) is 5.87. The molecule has 1 fully saturated rings. The van der Waals surface area contributed by atoms with Gasteiger partial charge in [0.25, 0.3) is 0 Å². The average molecular weight is 572 g/mol. The number of carbonyl (C=O) groups excluding carboxylic acids is 2. The normalized spacial score (nSPS) is 18.5. The Morgan fingerprint density at radius 2 is 1.56 bits per heavy atom. The zero-order valence-corrected chi connectivity index (χ0v) is 24.8. The molecule has 3 N–H and O–H groups in total. The van der Waals surface area contributed by atoms with Crippen molar-refractivity contribution in [2.45, 2.75) is 90.8 Å². The Bertz CT molecular complexity index is 1100. The summed E-state index contributed by atoms with van der Waals surface area (Å²) in [6.07, 6.45) is 4.65. The van der Waals surface area contributed by atoms with E-state index in [0.717, 1.165) is 43.7 Å². The molecule has 41 heavy (non-hydrogen) atoms. The van der Waals surface area contributed by atoms with E-state index in [1.807, 2.05) is 30.9 Å². The van der Waals surface area contributed by atoms with Gasteiger partial charge in [0.1, 0.15) is 11.6 Å². The highest BCUT2D eigenvalue weighted by Gasteiger charge is 2.38. The number of amides is 2. The highest BCUT2D eigenvalue weighted by Crippen LogP contribution is 2.32. The lowest BCUT2D eigenvalue weighted by Gasteiger charge is -2.35. The molecule has 0 saturated heterocycles. The highest BCUT2D eigenvalue weighted by molar-refractivity contribution is 5.88. The van der Waals surface area contributed by atoms with Gasteiger partial charge in [0.15, 0.2) is 0 Å². The van der Waals surface area contributed by atoms with Crippen LogP contribution in [0.2, 0.25) is 0 Å². The second kappa shape index (κ2) is 16.6. The van der Waals surface area contributed by atoms with Crippen molar-refractivity contribution >= 4 is 11.8 Å². The molecule has 0 heterocycles. The minimum atomic E-state index is -1.02. The first-order valence-electron chi connectivity index (χ1n) is 15.3. The van der Waals surface area contributed by atoms with Gasteiger partial charge in [0.2, 0.25) is 11.8 Å². The van der Waals surface area contributed by atoms with Crippen molar-refractivity contribution in [3.63, 3.8) is 0 Å². The Hall–Kier alpha value is -2.84. The molecule has 3 rings (SSSR count). The van der Waals surface area contributed by atoms with Crippen LogP contribution in [0.15, 0.2) is 42.5 Å². The summed E-state index contributed by atoms with van der Waals surface area (Å²) in [4.78, 5) is 29.1. The van der Waals surface area contributed by atoms with Crippen LogP contribution in [0, 0.1) is 23.5 Å². The standard InChI is InChI=1S/C33H47F2N3O3/c1-4-14-38(15-5-2)33(41)29-13-8-7-12-28(29)32(40)37-30(19-25-17-26(34)20-27(35)18-25)31(39)22-36-21-24-11-9-10-23(6-3)16-24/h9-11,16-18,20,28-31,36,39H,4-8,12-15,19,21-22H2,1-3H3,(H,37,40). The number of hydrogen-bond donors (Lipinski definition) is 3. The zero-order valence-electron chi connectivity index (χ0n) is 24.8. The van der Waals surface area contributed by atoms with E-state index in [4.69, 9.17) is 0 Å². The number of benzene rings is 2. The molecule has 6 nitrogen and oxygen atoms in total. The summed E-state index contributed by atoms with van der Waals surface area (Å²) < 4.78 is 28.0. The van der Waals surface area contributed by atoms with E-state index in [0.29, 0.717) is 38.0 Å². The molecule has 2 aromatic rings. The second-order valence-electron chi connectivity index (χ2n) is 11.3. The molecule has 1 saturated carbocycles. The van der Waals surface area contributed by atoms with Crippen LogP contribution >= 0.6 is 0 Å². The molecule has 4 atom stereocenters. The van der Waals surface area contributed by atoms with Gasteiger partial charge in [0, 0.05) is 44.1 Å². The molecule has 0 spiro atoms. The van der Waals surface area contributed by atoms with E-state index in [1.165, 1.54) is 17.7 Å². The van der Waals surface area contributed by atoms with Crippen LogP contribution in [0.3, 0.4) is 0 Å². The maximum absolute atomic E-state index is 14.0. The van der Waals surface area contributed by atoms with Crippen LogP contribution in [0.5, 0.6) is 0 Å². The molecule has 0 aromatic heterocycles. The zero-order chi connectivity index (χ0) is 29.8. The van der Waals surface area contributed by atoms with Crippen molar-refractivity contribution in [1.29, 1.82) is 0 Å². The second-order valence-corrected chi connectivity index (χ2v) is 11.3. The fourth-order valence-corrected chi connectivity index (χ4v) is 5.87. The van der Waals surface area contributed by atoms with Crippen molar-refractivity contribution in [2.75, 3.05) is 19.6 Å². The molecule has 0 aliphatic heterocycles. The predicted octanol–water partition coefficient (Wildman–Crippen LogP) is 5.16. The summed E-state index contributed by atoms with van der Waals surface area (Å²) in [7, 11) is 0. The van der Waals surface area contributed by atoms with Gasteiger partial charge in [0.05, 0.1) is 12.1 Å². The van der Waals surface area contributed by atoms with Crippen molar-refractivity contribution in [3.05, 3.63) is 70.8 Å². The van der Waals surface area contributed by atoms with Crippen molar-refractivity contribution in [2.24, 2.45) is 11.8 Å². The smallest absolute Gasteiger partial charge is 0.226 e. The van der Waals surface area contributed by atoms with E-state index in [1.54, 1.807) is 0 Å². The minimum absolute atomic E-state index is 0.0221. The third kappa shape index (κ3) is 9.89. The molecule has 1 aliphatic carbocycles. The summed E-state index contributed by atoms with van der Waals surface area (Å²) in [6.45, 7) is 8.20. The quantitative estimate of drug-likeness (QED) is 0.276. The lowest BCUT2D eigenvalue weighted by atomic mass is 9.77. The van der Waals surface area contributed by atoms with E-state index in [-0.39, 0.29) is 24.8 Å². The monoisotopic (exact) mass is 571 g/mol. The Morgan fingerprint density at radius 3 is 2.20 bits per heavy atom. The molecule has 1 aliphatic rings. The van der Waals surface area contributed by atoms with Gasteiger partial charge in [-0.15, -0.1) is 0 Å². The first kappa shape index (κ1) is 32.7. The SMILES string of the molecule is CCCN(CCC)C(=O)C1CCCCC1C(=O)NC(Cc1cc(F)cc(F)c1)C(O)CNCc1cccc(CC)c1. The summed E-state index contributed by atoms with van der Waals surface area (Å²) in [5, 5.41) is 17.4. The number of nitrogens with one attached hydrogen (secondary N) is 2. The van der Waals surface area contributed by atoms with E-state index in [9.17, 15) is 23.5 Å². The maximum Gasteiger partial charge on any atom is 0.226 e. The third-order valence-corrected chi connectivity index (χ3v) is 7.97. The van der Waals surface area contributed by atoms with Crippen LogP contribution in [-0.2, 0) is 29.0 Å². The Kier molecular flexibility index (Phi) is 13.2. The van der Waals surface area contributed by atoms with Gasteiger partial charge in [-0.05, 0) is 67.3 Å². The number of rotatable bonds is 15. The Balaban J connectivity index is 1.75. The number of aliphatic hydroxyl groups is 1. The summed E-state index contributed by atoms with van der Waals surface area (Å²) in [5.74, 6) is -2.59. The molecule has 0 bridgehead atoms. The minimum Gasteiger partial charge on any atom is -0.390 e. The molecule has 2 amide bonds. The van der Waals surface area contributed by atoms with Crippen LogP contribution in [-0.4, -0.2) is 53.6 Å². The third-order valence-electron chi connectivity index (χ3n) is 7.97. The number of aryl methyl sites for hydroxylation is 1. The summed E-state index contributed by atoms with van der Waals surface area (Å²) >= 11 is 0. The van der Waals surface area contributed by atoms with Gasteiger partial charge in [-0.25, -0.2) is 8.78 Å². The molecular weight excluding hydrogens is 524 g/mol. The van der Waals surface area contributed by atoms with Gasteiger partial charge in [-0.1, -0.05) is 57.9 Å². The van der Waals surface area contributed by atoms with E-state index < -0.39 is 35.6 Å². The number of halogens is 2. The fraction of sp³-hybridized carbons (Fsp3) is 0.576. The number of hydrogen-bond acceptors (Lipinski definition) is 4. The van der Waals surface area contributed by atoms with Gasteiger partial charge in [-0.3, -0.25) is 9.59 Å². The maximum atomic E-state index is 14.0. The largest absolute Gasteiger partial charge is 0.390 e. The first-order valence-corrected chi connectivity index (χ1v) is 15.3. The summed E-state index contributed by atoms with van der Waals surface area (Å²) in [5.41, 5.74) is 2.64. The number of nitrogens with zero attached hydrogens (tertiary/aromatic N) is 1. The van der Waals surface area contributed by atoms with Crippen LogP contribution in [0.4, 0.5) is 8.78 Å². The van der Waals surface area contributed by atoms with Gasteiger partial charge < -0.3 is 20.6 Å². The lowest BCUT2D eigenvalue weighted by molar-refractivity contribution is -0.144.